The third kappa shape index (κ3) is 8.69. The molecule has 6 rings (SSSR count). The number of hydrogen-bond acceptors (Lipinski definition) is 9. The van der Waals surface area contributed by atoms with Crippen molar-refractivity contribution in [3.8, 4) is 5.75 Å². The smallest absolute Gasteiger partial charge is 0.338 e. The number of aromatic nitrogens is 2. The van der Waals surface area contributed by atoms with E-state index in [4.69, 9.17) is 25.8 Å². The van der Waals surface area contributed by atoms with E-state index < -0.39 is 15.4 Å². The van der Waals surface area contributed by atoms with E-state index in [0.29, 0.717) is 37.0 Å². The van der Waals surface area contributed by atoms with Crippen LogP contribution in [-0.4, -0.2) is 62.1 Å². The first-order chi connectivity index (χ1) is 23.9. The third-order valence-corrected chi connectivity index (χ3v) is 11.8. The van der Waals surface area contributed by atoms with E-state index in [1.165, 1.54) is 29.1 Å². The first-order valence-corrected chi connectivity index (χ1v) is 19.7. The summed E-state index contributed by atoms with van der Waals surface area (Å²) in [6, 6.07) is 13.4. The van der Waals surface area contributed by atoms with Gasteiger partial charge in [-0.2, -0.15) is 0 Å². The maximum atomic E-state index is 13.2. The summed E-state index contributed by atoms with van der Waals surface area (Å²) in [5.74, 6) is 1.25. The van der Waals surface area contributed by atoms with Crippen molar-refractivity contribution in [2.75, 3.05) is 30.9 Å². The highest BCUT2D eigenvalue weighted by Gasteiger charge is 2.42. The fourth-order valence-corrected chi connectivity index (χ4v) is 8.74. The minimum absolute atomic E-state index is 0.0174. The van der Waals surface area contributed by atoms with Gasteiger partial charge in [0.05, 0.1) is 29.7 Å². The van der Waals surface area contributed by atoms with Gasteiger partial charge in [-0.3, -0.25) is 0 Å². The number of allylic oxidation sites excluding steroid dienone is 1. The summed E-state index contributed by atoms with van der Waals surface area (Å²) in [5, 5.41) is 0.617. The van der Waals surface area contributed by atoms with Gasteiger partial charge in [0.2, 0.25) is 15.0 Å². The topological polar surface area (TPSA) is 108 Å². The zero-order valence-electron chi connectivity index (χ0n) is 29.4. The first-order valence-electron chi connectivity index (χ1n) is 17.7. The number of esters is 1. The molecular weight excluding hydrogens is 674 g/mol. The molecule has 1 saturated carbocycles. The number of hydrogen-bond donors (Lipinski definition) is 0. The van der Waals surface area contributed by atoms with Crippen LogP contribution in [0.25, 0.3) is 0 Å². The molecule has 1 aromatic heterocycles. The Morgan fingerprint density at radius 1 is 1.08 bits per heavy atom. The van der Waals surface area contributed by atoms with E-state index in [2.05, 4.69) is 33.1 Å². The summed E-state index contributed by atoms with van der Waals surface area (Å²) < 4.78 is 43.8. The largest absolute Gasteiger partial charge is 0.491 e. The number of nitrogens with zero attached hydrogens (tertiary/aromatic N) is 3. The zero-order chi connectivity index (χ0) is 35.5. The average molecular weight is 722 g/mol. The molecule has 0 spiro atoms. The molecule has 1 aliphatic heterocycles. The number of anilines is 1. The van der Waals surface area contributed by atoms with Crippen molar-refractivity contribution in [1.29, 1.82) is 0 Å². The molecule has 3 aliphatic rings. The van der Waals surface area contributed by atoms with Gasteiger partial charge in [0, 0.05) is 37.6 Å². The number of methoxy groups -OCH3 is 1. The van der Waals surface area contributed by atoms with Crippen LogP contribution in [0.1, 0.15) is 80.8 Å². The standard InChI is InChI=1S/C39H48ClN3O6S/c1-39(2,3)49-37(44)28-11-14-35-34(23-28)43(24-29-9-12-32(40)22-27(29)8-5-6-18-48-35)25-30-10-13-33(30)36(47-4)31-20-26(21-31)15-19-50(45,46)38-41-16-7-17-42-38/h7,9,11-12,14,16-17,20,22-23,26,30,33,36H,5-6,8,10,13,15,18-19,21,24-25H2,1-4H3/t26?,30-,33+,36+/m0/s1. The molecule has 0 N–H and O–H groups in total. The van der Waals surface area contributed by atoms with Crippen LogP contribution in [0, 0.1) is 17.8 Å². The number of benzene rings is 2. The van der Waals surface area contributed by atoms with Crippen LogP contribution in [0.5, 0.6) is 5.75 Å². The van der Waals surface area contributed by atoms with Gasteiger partial charge < -0.3 is 19.1 Å². The van der Waals surface area contributed by atoms with Crippen LogP contribution in [0.2, 0.25) is 5.02 Å². The predicted octanol–water partition coefficient (Wildman–Crippen LogP) is 7.66. The van der Waals surface area contributed by atoms with E-state index in [0.717, 1.165) is 61.5 Å². The second-order valence-corrected chi connectivity index (χ2v) is 17.2. The average Bonchev–Trinajstić information content (AvgIpc) is 3.07. The molecule has 0 radical (unpaired) electrons. The van der Waals surface area contributed by atoms with Gasteiger partial charge in [-0.1, -0.05) is 23.7 Å². The van der Waals surface area contributed by atoms with Crippen LogP contribution in [0.15, 0.2) is 71.7 Å². The van der Waals surface area contributed by atoms with Crippen molar-refractivity contribution < 1.29 is 27.4 Å². The summed E-state index contributed by atoms with van der Waals surface area (Å²) in [6.07, 6.45) is 11.3. The van der Waals surface area contributed by atoms with Gasteiger partial charge in [-0.15, -0.1) is 0 Å². The highest BCUT2D eigenvalue weighted by molar-refractivity contribution is 7.91. The van der Waals surface area contributed by atoms with Gasteiger partial charge >= 0.3 is 5.97 Å². The van der Waals surface area contributed by atoms with Crippen LogP contribution in [0.3, 0.4) is 0 Å². The van der Waals surface area contributed by atoms with Crippen LogP contribution in [0.4, 0.5) is 5.69 Å². The number of sulfone groups is 1. The number of ether oxygens (including phenoxy) is 3. The summed E-state index contributed by atoms with van der Waals surface area (Å²) >= 11 is 6.47. The maximum Gasteiger partial charge on any atom is 0.338 e. The van der Waals surface area contributed by atoms with Gasteiger partial charge in [0.1, 0.15) is 11.4 Å². The maximum absolute atomic E-state index is 13.2. The van der Waals surface area contributed by atoms with Crippen molar-refractivity contribution >= 4 is 33.1 Å². The lowest BCUT2D eigenvalue weighted by atomic mass is 9.65. The predicted molar refractivity (Wildman–Crippen MR) is 194 cm³/mol. The summed E-state index contributed by atoms with van der Waals surface area (Å²) in [5.41, 5.74) is 4.45. The lowest BCUT2D eigenvalue weighted by Crippen LogP contribution is -2.45. The molecule has 1 fully saturated rings. The Morgan fingerprint density at radius 3 is 2.56 bits per heavy atom. The van der Waals surface area contributed by atoms with Crippen LogP contribution < -0.4 is 9.64 Å². The normalized spacial score (nSPS) is 21.6. The van der Waals surface area contributed by atoms with Crippen molar-refractivity contribution in [2.24, 2.45) is 17.8 Å². The van der Waals surface area contributed by atoms with E-state index in [1.807, 2.05) is 39.0 Å². The zero-order valence-corrected chi connectivity index (χ0v) is 31.0. The van der Waals surface area contributed by atoms with Crippen molar-refractivity contribution in [1.82, 2.24) is 9.97 Å². The Kier molecular flexibility index (Phi) is 11.2. The van der Waals surface area contributed by atoms with Crippen molar-refractivity contribution in [3.05, 3.63) is 88.2 Å². The molecule has 2 aromatic carbocycles. The molecule has 268 valence electrons. The number of fused-ring (bicyclic) bond motifs is 2. The number of carbonyl (C=O) groups is 1. The Morgan fingerprint density at radius 2 is 1.86 bits per heavy atom. The second kappa shape index (κ2) is 15.4. The second-order valence-electron chi connectivity index (χ2n) is 14.8. The molecule has 4 atom stereocenters. The summed E-state index contributed by atoms with van der Waals surface area (Å²) in [6.45, 7) is 7.60. The van der Waals surface area contributed by atoms with Crippen molar-refractivity contribution in [3.63, 3.8) is 0 Å². The van der Waals surface area contributed by atoms with Gasteiger partial charge in [0.25, 0.3) is 0 Å². The van der Waals surface area contributed by atoms with Gasteiger partial charge in [-0.25, -0.2) is 23.2 Å². The molecule has 50 heavy (non-hydrogen) atoms. The Hall–Kier alpha value is -3.47. The number of carbonyl (C=O) groups excluding carboxylic acids is 1. The fraction of sp³-hybridized carbons (Fsp3) is 0.513. The van der Waals surface area contributed by atoms with E-state index in [1.54, 1.807) is 19.2 Å². The minimum Gasteiger partial charge on any atom is -0.491 e. The Balaban J connectivity index is 1.23. The molecule has 3 aromatic rings. The fourth-order valence-electron chi connectivity index (χ4n) is 7.30. The van der Waals surface area contributed by atoms with Gasteiger partial charge in [0.15, 0.2) is 0 Å². The molecule has 0 amide bonds. The quantitative estimate of drug-likeness (QED) is 0.118. The van der Waals surface area contributed by atoms with E-state index >= 15 is 0 Å². The number of aryl methyl sites for hydroxylation is 1. The molecule has 11 heteroatoms. The molecule has 1 unspecified atom stereocenters. The van der Waals surface area contributed by atoms with E-state index in [-0.39, 0.29) is 28.9 Å². The summed E-state index contributed by atoms with van der Waals surface area (Å²) in [7, 11) is -1.75. The lowest BCUT2D eigenvalue weighted by molar-refractivity contribution is 0.000675. The van der Waals surface area contributed by atoms with Crippen molar-refractivity contribution in [2.45, 2.75) is 89.1 Å². The number of rotatable bonds is 10. The lowest BCUT2D eigenvalue weighted by Gasteiger charge is -2.46. The minimum atomic E-state index is -3.52. The molecule has 2 aliphatic carbocycles. The third-order valence-electron chi connectivity index (χ3n) is 10.0. The molecular formula is C39H48ClN3O6S. The van der Waals surface area contributed by atoms with E-state index in [9.17, 15) is 13.2 Å². The number of halogens is 1. The molecule has 9 nitrogen and oxygen atoms in total. The van der Waals surface area contributed by atoms with Crippen LogP contribution in [-0.2, 0) is 32.3 Å². The monoisotopic (exact) mass is 721 g/mol. The molecule has 0 bridgehead atoms. The Labute approximate surface area is 301 Å². The highest BCUT2D eigenvalue weighted by Crippen LogP contribution is 2.46. The first kappa shape index (κ1) is 36.3. The van der Waals surface area contributed by atoms with Crippen LogP contribution >= 0.6 is 11.6 Å². The SMILES string of the molecule is CO[C@H](C1=CC(CCS(=O)(=O)c2ncccn2)C1)[C@@H]1CC[C@H]1CN1Cc2ccc(Cl)cc2CCCCOc2ccc(C(=O)OC(C)(C)C)cc21. The highest BCUT2D eigenvalue weighted by atomic mass is 35.5. The molecule has 0 saturated heterocycles. The Bertz CT molecular complexity index is 1810. The van der Waals surface area contributed by atoms with Gasteiger partial charge in [-0.05, 0) is 137 Å². The summed E-state index contributed by atoms with van der Waals surface area (Å²) in [4.78, 5) is 23.5. The molecule has 2 heterocycles.